The number of thiophene rings is 4. The Morgan fingerprint density at radius 2 is 0.711 bits per heavy atom. The highest BCUT2D eigenvalue weighted by molar-refractivity contribution is 7.10. The molecule has 0 saturated heterocycles. The molecule has 12 nitrogen and oxygen atoms in total. The van der Waals surface area contributed by atoms with Gasteiger partial charge in [0.25, 0.3) is 0 Å². The summed E-state index contributed by atoms with van der Waals surface area (Å²) < 4.78 is 21.4. The minimum absolute atomic E-state index is 0.284. The second kappa shape index (κ2) is 16.2. The first-order chi connectivity index (χ1) is 21.6. The zero-order chi connectivity index (χ0) is 32.4. The summed E-state index contributed by atoms with van der Waals surface area (Å²) in [4.78, 5) is 52.3. The normalized spacial score (nSPS) is 15.2. The van der Waals surface area contributed by atoms with Crippen LogP contribution in [0.1, 0.15) is 43.9 Å². The predicted octanol–water partition coefficient (Wildman–Crippen LogP) is 3.33. The summed E-state index contributed by atoms with van der Waals surface area (Å²) in [6.07, 6.45) is -6.68. The van der Waals surface area contributed by atoms with Gasteiger partial charge in [0.1, 0.15) is 31.8 Å². The molecule has 4 aromatic heterocycles. The summed E-state index contributed by atoms with van der Waals surface area (Å²) in [6.45, 7) is -2.88. The maximum atomic E-state index is 12.8. The van der Waals surface area contributed by atoms with E-state index < -0.39 is 80.1 Å². The average Bonchev–Trinajstić information content (AvgIpc) is 3.89. The lowest BCUT2D eigenvalue weighted by atomic mass is 9.92. The Morgan fingerprint density at radius 1 is 0.489 bits per heavy atom. The number of carbonyl (C=O) groups excluding carboxylic acids is 4. The number of hydrogen-bond donors (Lipinski definition) is 4. The van der Waals surface area contributed by atoms with Crippen LogP contribution in [0.2, 0.25) is 0 Å². The van der Waals surface area contributed by atoms with Crippen molar-refractivity contribution >= 4 is 69.2 Å². The van der Waals surface area contributed by atoms with E-state index in [0.717, 1.165) is 45.3 Å². The maximum Gasteiger partial charge on any atom is 0.340 e. The molecule has 0 spiro atoms. The van der Waals surface area contributed by atoms with Crippen LogP contribution in [-0.4, -0.2) is 70.7 Å². The SMILES string of the molecule is O=C(OCC(COC(=O)C(O)c1cccs1)(COC(=O)C(O)c1cccs1)COC(=O)C(O)c1cccs1)C(O)c1cccs1. The molecule has 240 valence electrons. The Morgan fingerprint density at radius 3 is 0.889 bits per heavy atom. The van der Waals surface area contributed by atoms with E-state index in [1.807, 2.05) is 0 Å². The lowest BCUT2D eigenvalue weighted by Gasteiger charge is -2.32. The number of rotatable bonds is 16. The van der Waals surface area contributed by atoms with Gasteiger partial charge in [0.15, 0.2) is 24.4 Å². The van der Waals surface area contributed by atoms with Crippen molar-refractivity contribution < 1.29 is 58.6 Å². The first-order valence-electron chi connectivity index (χ1n) is 13.1. The molecule has 4 rings (SSSR count). The van der Waals surface area contributed by atoms with Gasteiger partial charge in [-0.2, -0.15) is 0 Å². The smallest absolute Gasteiger partial charge is 0.340 e. The molecule has 0 bridgehead atoms. The van der Waals surface area contributed by atoms with Crippen LogP contribution in [0.3, 0.4) is 0 Å². The van der Waals surface area contributed by atoms with E-state index in [9.17, 15) is 39.6 Å². The van der Waals surface area contributed by atoms with Gasteiger partial charge in [-0.05, 0) is 45.8 Å². The van der Waals surface area contributed by atoms with E-state index in [1.165, 1.54) is 24.3 Å². The molecule has 0 aliphatic rings. The summed E-state index contributed by atoms with van der Waals surface area (Å²) >= 11 is 4.41. The van der Waals surface area contributed by atoms with Crippen LogP contribution < -0.4 is 0 Å². The van der Waals surface area contributed by atoms with E-state index in [0.29, 0.717) is 0 Å². The molecular formula is C29H28O12S4. The van der Waals surface area contributed by atoms with Gasteiger partial charge in [-0.25, -0.2) is 19.2 Å². The number of carbonyl (C=O) groups is 4. The van der Waals surface area contributed by atoms with Crippen molar-refractivity contribution in [3.8, 4) is 0 Å². The zero-order valence-electron chi connectivity index (χ0n) is 23.3. The molecule has 0 saturated carbocycles. The highest BCUT2D eigenvalue weighted by Crippen LogP contribution is 2.29. The van der Waals surface area contributed by atoms with Crippen molar-refractivity contribution in [1.82, 2.24) is 0 Å². The molecule has 4 unspecified atom stereocenters. The number of ether oxygens (including phenoxy) is 4. The van der Waals surface area contributed by atoms with E-state index in [-0.39, 0.29) is 19.5 Å². The highest BCUT2D eigenvalue weighted by Gasteiger charge is 2.41. The quantitative estimate of drug-likeness (QED) is 0.0991. The van der Waals surface area contributed by atoms with Crippen LogP contribution in [0.5, 0.6) is 0 Å². The van der Waals surface area contributed by atoms with Crippen LogP contribution in [0, 0.1) is 5.41 Å². The second-order valence-corrected chi connectivity index (χ2v) is 13.5. The van der Waals surface area contributed by atoms with Gasteiger partial charge in [-0.3, -0.25) is 0 Å². The van der Waals surface area contributed by atoms with Gasteiger partial charge in [-0.15, -0.1) is 45.3 Å². The molecule has 4 atom stereocenters. The molecule has 0 aromatic carbocycles. The maximum absolute atomic E-state index is 12.8. The standard InChI is InChI=1S/C29H28O12S4/c30-21(17-5-1-9-42-17)25(34)38-13-29(14-39-26(35)22(31)18-6-2-10-43-18,15-40-27(36)23(32)19-7-3-11-44-19)16-41-28(37)24(33)20-8-4-12-45-20/h1-12,21-24,30-33H,13-16H2. The molecule has 45 heavy (non-hydrogen) atoms. The Bertz CT molecular complexity index is 1270. The molecular weight excluding hydrogens is 669 g/mol. The molecule has 0 fully saturated rings. The van der Waals surface area contributed by atoms with Crippen LogP contribution in [0.25, 0.3) is 0 Å². The van der Waals surface area contributed by atoms with Crippen LogP contribution in [0.4, 0.5) is 0 Å². The lowest BCUT2D eigenvalue weighted by molar-refractivity contribution is -0.181. The fourth-order valence-electron chi connectivity index (χ4n) is 3.71. The van der Waals surface area contributed by atoms with Crippen molar-refractivity contribution in [3.63, 3.8) is 0 Å². The summed E-state index contributed by atoms with van der Waals surface area (Å²) in [6, 6.07) is 12.5. The number of hydrogen-bond acceptors (Lipinski definition) is 16. The Labute approximate surface area is 272 Å². The van der Waals surface area contributed by atoms with Gasteiger partial charge in [0, 0.05) is 19.5 Å². The van der Waals surface area contributed by atoms with E-state index in [2.05, 4.69) is 0 Å². The Balaban J connectivity index is 1.56. The van der Waals surface area contributed by atoms with Crippen LogP contribution in [0.15, 0.2) is 70.1 Å². The average molecular weight is 697 g/mol. The minimum atomic E-state index is -1.81. The van der Waals surface area contributed by atoms with Crippen LogP contribution >= 0.6 is 45.3 Å². The van der Waals surface area contributed by atoms with Crippen molar-refractivity contribution in [2.24, 2.45) is 5.41 Å². The number of esters is 4. The highest BCUT2D eigenvalue weighted by atomic mass is 32.1. The molecule has 4 heterocycles. The van der Waals surface area contributed by atoms with Crippen molar-refractivity contribution in [3.05, 3.63) is 89.6 Å². The number of aliphatic hydroxyl groups is 4. The summed E-state index contributed by atoms with van der Waals surface area (Å²) in [5, 5.41) is 48.4. The molecule has 4 N–H and O–H groups in total. The van der Waals surface area contributed by atoms with Crippen LogP contribution in [-0.2, 0) is 38.1 Å². The van der Waals surface area contributed by atoms with Crippen molar-refractivity contribution in [2.75, 3.05) is 26.4 Å². The van der Waals surface area contributed by atoms with Gasteiger partial charge in [-0.1, -0.05) is 24.3 Å². The zero-order valence-corrected chi connectivity index (χ0v) is 26.5. The third kappa shape index (κ3) is 9.27. The summed E-state index contributed by atoms with van der Waals surface area (Å²) in [5.41, 5.74) is -1.81. The molecule has 0 aliphatic carbocycles. The first-order valence-corrected chi connectivity index (χ1v) is 16.6. The van der Waals surface area contributed by atoms with E-state index in [4.69, 9.17) is 18.9 Å². The predicted molar refractivity (Wildman–Crippen MR) is 163 cm³/mol. The Kier molecular flexibility index (Phi) is 12.4. The monoisotopic (exact) mass is 696 g/mol. The first kappa shape index (κ1) is 34.4. The molecule has 0 amide bonds. The fourth-order valence-corrected chi connectivity index (χ4v) is 6.50. The van der Waals surface area contributed by atoms with Gasteiger partial charge in [0.2, 0.25) is 0 Å². The molecule has 16 heteroatoms. The fraction of sp³-hybridized carbons (Fsp3) is 0.310. The molecule has 0 radical (unpaired) electrons. The second-order valence-electron chi connectivity index (χ2n) is 9.60. The van der Waals surface area contributed by atoms with E-state index >= 15 is 0 Å². The van der Waals surface area contributed by atoms with Gasteiger partial charge in [0.05, 0.1) is 0 Å². The largest absolute Gasteiger partial charge is 0.462 e. The van der Waals surface area contributed by atoms with Crippen molar-refractivity contribution in [1.29, 1.82) is 0 Å². The van der Waals surface area contributed by atoms with Gasteiger partial charge < -0.3 is 39.4 Å². The Hall–Kier alpha value is -3.48. The summed E-state index contributed by atoms with van der Waals surface area (Å²) in [5.74, 6) is -4.38. The molecule has 4 aromatic rings. The minimum Gasteiger partial charge on any atom is -0.462 e. The third-order valence-corrected chi connectivity index (χ3v) is 9.93. The number of aliphatic hydroxyl groups excluding tert-OH is 4. The van der Waals surface area contributed by atoms with Gasteiger partial charge >= 0.3 is 23.9 Å². The molecule has 0 aliphatic heterocycles. The van der Waals surface area contributed by atoms with E-state index in [1.54, 1.807) is 45.8 Å². The van der Waals surface area contributed by atoms with Crippen molar-refractivity contribution in [2.45, 2.75) is 24.4 Å². The summed E-state index contributed by atoms with van der Waals surface area (Å²) in [7, 11) is 0. The lowest BCUT2D eigenvalue weighted by Crippen LogP contribution is -2.45. The topological polar surface area (TPSA) is 186 Å². The third-order valence-electron chi connectivity index (χ3n) is 6.23.